The number of aromatic nitrogens is 4. The zero-order chi connectivity index (χ0) is 28.8. The summed E-state index contributed by atoms with van der Waals surface area (Å²) < 4.78 is 10.6. The third kappa shape index (κ3) is 4.64. The minimum atomic E-state index is 0.747. The average molecular weight is 567 g/mol. The van der Waals surface area contributed by atoms with Gasteiger partial charge in [0, 0.05) is 45.8 Å². The van der Waals surface area contributed by atoms with Crippen molar-refractivity contribution < 1.29 is 4.74 Å². The van der Waals surface area contributed by atoms with E-state index in [9.17, 15) is 0 Å². The molecule has 0 fully saturated rings. The second-order valence-electron chi connectivity index (χ2n) is 10.6. The van der Waals surface area contributed by atoms with Crippen LogP contribution in [0.3, 0.4) is 0 Å². The number of benzene rings is 4. The molecule has 3 heterocycles. The predicted octanol–water partition coefficient (Wildman–Crippen LogP) is 9.47. The van der Waals surface area contributed by atoms with E-state index in [-0.39, 0.29) is 0 Å². The first-order valence-corrected chi connectivity index (χ1v) is 15.2. The minimum absolute atomic E-state index is 0.747. The Morgan fingerprint density at radius 3 is 2.33 bits per heavy atom. The monoisotopic (exact) mass is 566 g/mol. The Bertz CT molecular complexity index is 2080. The van der Waals surface area contributed by atoms with E-state index in [1.165, 1.54) is 32.5 Å². The summed E-state index contributed by atoms with van der Waals surface area (Å²) in [6.07, 6.45) is 8.00. The van der Waals surface area contributed by atoms with Crippen molar-refractivity contribution in [1.82, 2.24) is 19.3 Å². The first kappa shape index (κ1) is 26.1. The zero-order valence-electron chi connectivity index (χ0n) is 24.0. The average Bonchev–Trinajstić information content (AvgIpc) is 3.60. The van der Waals surface area contributed by atoms with Gasteiger partial charge in [0.1, 0.15) is 17.3 Å². The Morgan fingerprint density at radius 1 is 0.738 bits per heavy atom. The van der Waals surface area contributed by atoms with Crippen molar-refractivity contribution in [3.63, 3.8) is 0 Å². The van der Waals surface area contributed by atoms with Gasteiger partial charge in [0.2, 0.25) is 0 Å². The third-order valence-electron chi connectivity index (χ3n) is 7.71. The molecule has 0 aliphatic carbocycles. The number of pyridine rings is 1. The van der Waals surface area contributed by atoms with Crippen molar-refractivity contribution in [1.29, 1.82) is 0 Å². The van der Waals surface area contributed by atoms with Gasteiger partial charge >= 0.3 is 0 Å². The summed E-state index contributed by atoms with van der Waals surface area (Å²) in [6, 6.07) is 31.4. The molecule has 206 valence electrons. The standard InChI is InChI=1S/C36H30N4OS/c1-23-14-15-37-35(16-23)40-33-11-6-5-10-31(33)32-13-12-29(20-34(32)40)41-28-9-7-8-27(19-28)39-22-26(21-38-39)36-24(2)17-30(42-4)18-25(36)3/h5-22H,1-4H3. The van der Waals surface area contributed by atoms with Crippen LogP contribution in [0.5, 0.6) is 11.5 Å². The summed E-state index contributed by atoms with van der Waals surface area (Å²) in [6.45, 7) is 6.42. The highest BCUT2D eigenvalue weighted by Crippen LogP contribution is 2.36. The lowest BCUT2D eigenvalue weighted by molar-refractivity contribution is 0.483. The quantitative estimate of drug-likeness (QED) is 0.188. The van der Waals surface area contributed by atoms with Crippen molar-refractivity contribution in [2.75, 3.05) is 6.26 Å². The molecule has 0 saturated carbocycles. The van der Waals surface area contributed by atoms with Crippen molar-refractivity contribution in [2.24, 2.45) is 0 Å². The molecular weight excluding hydrogens is 536 g/mol. The number of para-hydroxylation sites is 1. The number of hydrogen-bond acceptors (Lipinski definition) is 4. The largest absolute Gasteiger partial charge is 0.457 e. The second kappa shape index (κ2) is 10.5. The van der Waals surface area contributed by atoms with Crippen LogP contribution in [-0.4, -0.2) is 25.6 Å². The number of hydrogen-bond donors (Lipinski definition) is 0. The van der Waals surface area contributed by atoms with Gasteiger partial charge in [-0.3, -0.25) is 4.57 Å². The summed E-state index contributed by atoms with van der Waals surface area (Å²) >= 11 is 1.77. The molecule has 0 unspecified atom stereocenters. The van der Waals surface area contributed by atoms with E-state index >= 15 is 0 Å². The van der Waals surface area contributed by atoms with Crippen LogP contribution in [0, 0.1) is 20.8 Å². The van der Waals surface area contributed by atoms with Crippen molar-refractivity contribution in [3.8, 4) is 34.1 Å². The molecular formula is C36H30N4OS. The molecule has 3 aromatic heterocycles. The lowest BCUT2D eigenvalue weighted by Gasteiger charge is -2.11. The number of ether oxygens (including phenoxy) is 1. The molecule has 0 bridgehead atoms. The van der Waals surface area contributed by atoms with Crippen molar-refractivity contribution in [3.05, 3.63) is 126 Å². The Labute approximate surface area is 249 Å². The van der Waals surface area contributed by atoms with Gasteiger partial charge < -0.3 is 4.74 Å². The third-order valence-corrected chi connectivity index (χ3v) is 8.41. The van der Waals surface area contributed by atoms with Crippen LogP contribution in [-0.2, 0) is 0 Å². The van der Waals surface area contributed by atoms with Crippen LogP contribution in [0.15, 0.2) is 114 Å². The lowest BCUT2D eigenvalue weighted by atomic mass is 9.98. The first-order valence-electron chi connectivity index (χ1n) is 13.9. The highest BCUT2D eigenvalue weighted by atomic mass is 32.2. The molecule has 0 aliphatic heterocycles. The van der Waals surface area contributed by atoms with Crippen LogP contribution in [0.4, 0.5) is 0 Å². The van der Waals surface area contributed by atoms with Crippen LogP contribution >= 0.6 is 11.8 Å². The normalized spacial score (nSPS) is 11.4. The number of aryl methyl sites for hydroxylation is 3. The van der Waals surface area contributed by atoms with Gasteiger partial charge in [-0.2, -0.15) is 5.10 Å². The molecule has 0 aliphatic rings. The van der Waals surface area contributed by atoms with Gasteiger partial charge in [-0.05, 0) is 104 Å². The lowest BCUT2D eigenvalue weighted by Crippen LogP contribution is -1.97. The fourth-order valence-corrected chi connectivity index (χ4v) is 6.41. The zero-order valence-corrected chi connectivity index (χ0v) is 24.8. The number of thioether (sulfide) groups is 1. The molecule has 0 N–H and O–H groups in total. The first-order chi connectivity index (χ1) is 20.5. The van der Waals surface area contributed by atoms with E-state index in [4.69, 9.17) is 14.8 Å². The number of rotatable bonds is 6. The topological polar surface area (TPSA) is 44.9 Å². The number of nitrogens with zero attached hydrogens (tertiary/aromatic N) is 4. The smallest absolute Gasteiger partial charge is 0.137 e. The molecule has 0 spiro atoms. The summed E-state index contributed by atoms with van der Waals surface area (Å²) in [5.74, 6) is 2.40. The highest BCUT2D eigenvalue weighted by molar-refractivity contribution is 7.98. The second-order valence-corrected chi connectivity index (χ2v) is 11.5. The van der Waals surface area contributed by atoms with E-state index in [0.29, 0.717) is 0 Å². The van der Waals surface area contributed by atoms with Gasteiger partial charge in [-0.1, -0.05) is 24.3 Å². The van der Waals surface area contributed by atoms with Gasteiger partial charge in [0.05, 0.1) is 22.9 Å². The fourth-order valence-electron chi connectivity index (χ4n) is 5.82. The molecule has 7 aromatic rings. The Kier molecular flexibility index (Phi) is 6.56. The molecule has 4 aromatic carbocycles. The van der Waals surface area contributed by atoms with Gasteiger partial charge in [-0.15, -0.1) is 11.8 Å². The Hall–Kier alpha value is -4.81. The van der Waals surface area contributed by atoms with Crippen molar-refractivity contribution in [2.45, 2.75) is 25.7 Å². The van der Waals surface area contributed by atoms with Crippen LogP contribution in [0.1, 0.15) is 16.7 Å². The minimum Gasteiger partial charge on any atom is -0.457 e. The van der Waals surface area contributed by atoms with Gasteiger partial charge in [0.15, 0.2) is 0 Å². The molecule has 0 saturated heterocycles. The summed E-state index contributed by atoms with van der Waals surface area (Å²) in [4.78, 5) is 5.97. The molecule has 42 heavy (non-hydrogen) atoms. The SMILES string of the molecule is CSc1cc(C)c(-c2cnn(-c3cccc(Oc4ccc5c6ccccc6n(-c6cc(C)ccn6)c5c4)c3)c2)c(C)c1. The summed E-state index contributed by atoms with van der Waals surface area (Å²) in [7, 11) is 0. The highest BCUT2D eigenvalue weighted by Gasteiger charge is 2.15. The molecule has 5 nitrogen and oxygen atoms in total. The maximum absolute atomic E-state index is 6.44. The maximum atomic E-state index is 6.44. The van der Waals surface area contributed by atoms with E-state index in [1.54, 1.807) is 11.8 Å². The van der Waals surface area contributed by atoms with E-state index in [0.717, 1.165) is 45.0 Å². The molecule has 0 atom stereocenters. The van der Waals surface area contributed by atoms with Crippen LogP contribution in [0.2, 0.25) is 0 Å². The maximum Gasteiger partial charge on any atom is 0.137 e. The predicted molar refractivity (Wildman–Crippen MR) is 174 cm³/mol. The molecule has 6 heteroatoms. The van der Waals surface area contributed by atoms with E-state index in [1.807, 2.05) is 53.5 Å². The fraction of sp³-hybridized carbons (Fsp3) is 0.111. The molecule has 0 radical (unpaired) electrons. The van der Waals surface area contributed by atoms with Crippen LogP contribution < -0.4 is 4.74 Å². The summed E-state index contributed by atoms with van der Waals surface area (Å²) in [5, 5.41) is 7.05. The van der Waals surface area contributed by atoms with Gasteiger partial charge in [-0.25, -0.2) is 9.67 Å². The number of fused-ring (bicyclic) bond motifs is 3. The Morgan fingerprint density at radius 2 is 1.52 bits per heavy atom. The van der Waals surface area contributed by atoms with E-state index in [2.05, 4.69) is 92.4 Å². The molecule has 7 rings (SSSR count). The summed E-state index contributed by atoms with van der Waals surface area (Å²) in [5.41, 5.74) is 9.12. The molecule has 0 amide bonds. The van der Waals surface area contributed by atoms with E-state index < -0.39 is 0 Å². The van der Waals surface area contributed by atoms with Crippen molar-refractivity contribution >= 4 is 33.6 Å². The Balaban J connectivity index is 1.24. The van der Waals surface area contributed by atoms with Crippen LogP contribution in [0.25, 0.3) is 44.4 Å². The van der Waals surface area contributed by atoms with Gasteiger partial charge in [0.25, 0.3) is 0 Å².